The molecule has 2 aromatic rings. The molecule has 1 N–H and O–H groups in total. The summed E-state index contributed by atoms with van der Waals surface area (Å²) in [5, 5.41) is 0. The molecule has 5 nitrogen and oxygen atoms in total. The summed E-state index contributed by atoms with van der Waals surface area (Å²) in [5.74, 6) is 0.691. The molecule has 0 spiro atoms. The fraction of sp³-hybridized carbons (Fsp3) is 0.389. The SMILES string of the molecule is Cc1cc(=O)[nH]c([C@H]2CCCN2C(=O)Cc2ccccc2C)n1. The van der Waals surface area contributed by atoms with Crippen molar-refractivity contribution in [2.75, 3.05) is 6.54 Å². The number of nitrogens with zero attached hydrogens (tertiary/aromatic N) is 2. The smallest absolute Gasteiger partial charge is 0.251 e. The molecular formula is C18H21N3O2. The summed E-state index contributed by atoms with van der Waals surface area (Å²) in [6, 6.07) is 9.28. The Morgan fingerprint density at radius 2 is 2.13 bits per heavy atom. The Balaban J connectivity index is 1.82. The largest absolute Gasteiger partial charge is 0.332 e. The van der Waals surface area contributed by atoms with E-state index < -0.39 is 0 Å². The second-order valence-corrected chi connectivity index (χ2v) is 6.12. The molecule has 0 bridgehead atoms. The van der Waals surface area contributed by atoms with Gasteiger partial charge in [-0.3, -0.25) is 9.59 Å². The van der Waals surface area contributed by atoms with Crippen molar-refractivity contribution in [3.63, 3.8) is 0 Å². The molecule has 1 aliphatic heterocycles. The molecule has 0 aliphatic carbocycles. The molecule has 0 saturated carbocycles. The van der Waals surface area contributed by atoms with Crippen LogP contribution in [0.1, 0.15) is 41.5 Å². The molecule has 2 heterocycles. The number of aromatic amines is 1. The molecule has 1 aliphatic rings. The van der Waals surface area contributed by atoms with Crippen LogP contribution in [-0.4, -0.2) is 27.3 Å². The Kier molecular flexibility index (Phi) is 4.28. The highest BCUT2D eigenvalue weighted by molar-refractivity contribution is 5.79. The van der Waals surface area contributed by atoms with Gasteiger partial charge in [-0.15, -0.1) is 0 Å². The summed E-state index contributed by atoms with van der Waals surface area (Å²) in [5.41, 5.74) is 2.69. The number of likely N-dealkylation sites (tertiary alicyclic amines) is 1. The predicted octanol–water partition coefficient (Wildman–Crippen LogP) is 2.29. The Labute approximate surface area is 135 Å². The zero-order valence-corrected chi connectivity index (χ0v) is 13.5. The van der Waals surface area contributed by atoms with Gasteiger partial charge in [0, 0.05) is 18.3 Å². The molecule has 0 unspecified atom stereocenters. The van der Waals surface area contributed by atoms with E-state index in [0.717, 1.165) is 24.0 Å². The summed E-state index contributed by atoms with van der Waals surface area (Å²) < 4.78 is 0. The highest BCUT2D eigenvalue weighted by Gasteiger charge is 2.31. The van der Waals surface area contributed by atoms with Gasteiger partial charge in [-0.2, -0.15) is 0 Å². The molecule has 1 atom stereocenters. The number of carbonyl (C=O) groups excluding carboxylic acids is 1. The fourth-order valence-corrected chi connectivity index (χ4v) is 3.18. The summed E-state index contributed by atoms with van der Waals surface area (Å²) in [7, 11) is 0. The van der Waals surface area contributed by atoms with Crippen LogP contribution in [0.2, 0.25) is 0 Å². The number of rotatable bonds is 3. The first-order valence-corrected chi connectivity index (χ1v) is 7.96. The van der Waals surface area contributed by atoms with Crippen LogP contribution >= 0.6 is 0 Å². The minimum Gasteiger partial charge on any atom is -0.332 e. The third-order valence-corrected chi connectivity index (χ3v) is 4.38. The van der Waals surface area contributed by atoms with Crippen LogP contribution in [-0.2, 0) is 11.2 Å². The fourth-order valence-electron chi connectivity index (χ4n) is 3.18. The lowest BCUT2D eigenvalue weighted by Gasteiger charge is -2.24. The first kappa shape index (κ1) is 15.5. The van der Waals surface area contributed by atoms with Gasteiger partial charge >= 0.3 is 0 Å². The van der Waals surface area contributed by atoms with Crippen molar-refractivity contribution < 1.29 is 4.79 Å². The van der Waals surface area contributed by atoms with Gasteiger partial charge in [-0.1, -0.05) is 24.3 Å². The molecule has 1 saturated heterocycles. The van der Waals surface area contributed by atoms with E-state index >= 15 is 0 Å². The van der Waals surface area contributed by atoms with E-state index in [1.165, 1.54) is 6.07 Å². The first-order valence-electron chi connectivity index (χ1n) is 7.96. The van der Waals surface area contributed by atoms with Crippen molar-refractivity contribution in [1.82, 2.24) is 14.9 Å². The van der Waals surface area contributed by atoms with E-state index in [9.17, 15) is 9.59 Å². The normalized spacial score (nSPS) is 17.5. The number of hydrogen-bond acceptors (Lipinski definition) is 3. The van der Waals surface area contributed by atoms with Crippen molar-refractivity contribution in [2.24, 2.45) is 0 Å². The van der Waals surface area contributed by atoms with Crippen LogP contribution in [0.25, 0.3) is 0 Å². The minimum absolute atomic E-state index is 0.0888. The van der Waals surface area contributed by atoms with Gasteiger partial charge < -0.3 is 9.88 Å². The van der Waals surface area contributed by atoms with Gasteiger partial charge in [0.25, 0.3) is 5.56 Å². The average molecular weight is 311 g/mol. The van der Waals surface area contributed by atoms with Crippen molar-refractivity contribution in [2.45, 2.75) is 39.2 Å². The van der Waals surface area contributed by atoms with Crippen LogP contribution in [0, 0.1) is 13.8 Å². The van der Waals surface area contributed by atoms with Crippen molar-refractivity contribution in [3.8, 4) is 0 Å². The molecule has 1 fully saturated rings. The van der Waals surface area contributed by atoms with E-state index in [1.54, 1.807) is 6.92 Å². The number of benzene rings is 1. The molecule has 0 radical (unpaired) electrons. The van der Waals surface area contributed by atoms with Crippen LogP contribution in [0.5, 0.6) is 0 Å². The summed E-state index contributed by atoms with van der Waals surface area (Å²) in [6.07, 6.45) is 2.16. The molecule has 120 valence electrons. The number of hydrogen-bond donors (Lipinski definition) is 1. The number of carbonyl (C=O) groups is 1. The third-order valence-electron chi connectivity index (χ3n) is 4.38. The van der Waals surface area contributed by atoms with Gasteiger partial charge in [-0.25, -0.2) is 4.98 Å². The van der Waals surface area contributed by atoms with Crippen LogP contribution < -0.4 is 5.56 Å². The summed E-state index contributed by atoms with van der Waals surface area (Å²) in [6.45, 7) is 4.53. The molecule has 1 amide bonds. The maximum absolute atomic E-state index is 12.7. The zero-order valence-electron chi connectivity index (χ0n) is 13.5. The molecular weight excluding hydrogens is 290 g/mol. The predicted molar refractivity (Wildman–Crippen MR) is 88.2 cm³/mol. The number of aryl methyl sites for hydroxylation is 2. The third kappa shape index (κ3) is 3.33. The van der Waals surface area contributed by atoms with Crippen LogP contribution in [0.15, 0.2) is 35.1 Å². The van der Waals surface area contributed by atoms with E-state index in [2.05, 4.69) is 9.97 Å². The Bertz CT molecular complexity index is 782. The highest BCUT2D eigenvalue weighted by atomic mass is 16.2. The summed E-state index contributed by atoms with van der Waals surface area (Å²) in [4.78, 5) is 33.5. The van der Waals surface area contributed by atoms with E-state index in [4.69, 9.17) is 0 Å². The maximum Gasteiger partial charge on any atom is 0.251 e. The lowest BCUT2D eigenvalue weighted by molar-refractivity contribution is -0.131. The topological polar surface area (TPSA) is 66.1 Å². The van der Waals surface area contributed by atoms with Crippen LogP contribution in [0.4, 0.5) is 0 Å². The second kappa shape index (κ2) is 6.36. The molecule has 1 aromatic carbocycles. The van der Waals surface area contributed by atoms with Crippen molar-refractivity contribution >= 4 is 5.91 Å². The lowest BCUT2D eigenvalue weighted by atomic mass is 10.0. The minimum atomic E-state index is -0.161. The monoisotopic (exact) mass is 311 g/mol. The van der Waals surface area contributed by atoms with Gasteiger partial charge in [-0.05, 0) is 37.8 Å². The zero-order chi connectivity index (χ0) is 16.4. The van der Waals surface area contributed by atoms with E-state index in [1.807, 2.05) is 36.1 Å². The summed E-state index contributed by atoms with van der Waals surface area (Å²) >= 11 is 0. The molecule has 23 heavy (non-hydrogen) atoms. The molecule has 1 aromatic heterocycles. The molecule has 5 heteroatoms. The van der Waals surface area contributed by atoms with Gasteiger partial charge in [0.1, 0.15) is 5.82 Å². The van der Waals surface area contributed by atoms with Crippen LogP contribution in [0.3, 0.4) is 0 Å². The van der Waals surface area contributed by atoms with Crippen molar-refractivity contribution in [1.29, 1.82) is 0 Å². The van der Waals surface area contributed by atoms with Gasteiger partial charge in [0.2, 0.25) is 5.91 Å². The number of nitrogens with one attached hydrogen (secondary N) is 1. The number of aromatic nitrogens is 2. The Morgan fingerprint density at radius 3 is 2.87 bits per heavy atom. The lowest BCUT2D eigenvalue weighted by Crippen LogP contribution is -2.33. The second-order valence-electron chi connectivity index (χ2n) is 6.12. The standard InChI is InChI=1S/C18H21N3O2/c1-12-6-3-4-7-14(12)11-17(23)21-9-5-8-15(21)18-19-13(2)10-16(22)20-18/h3-4,6-7,10,15H,5,8-9,11H2,1-2H3,(H,19,20,22)/t15-/m1/s1. The van der Waals surface area contributed by atoms with Gasteiger partial charge in [0.05, 0.1) is 12.5 Å². The maximum atomic E-state index is 12.7. The molecule has 3 rings (SSSR count). The Morgan fingerprint density at radius 1 is 1.35 bits per heavy atom. The quantitative estimate of drug-likeness (QED) is 0.946. The van der Waals surface area contributed by atoms with Gasteiger partial charge in [0.15, 0.2) is 0 Å². The van der Waals surface area contributed by atoms with E-state index in [-0.39, 0.29) is 17.5 Å². The highest BCUT2D eigenvalue weighted by Crippen LogP contribution is 2.30. The number of H-pyrrole nitrogens is 1. The first-order chi connectivity index (χ1) is 11.0. The Hall–Kier alpha value is -2.43. The number of amides is 1. The van der Waals surface area contributed by atoms with E-state index in [0.29, 0.717) is 24.5 Å². The van der Waals surface area contributed by atoms with Crippen molar-refractivity contribution in [3.05, 3.63) is 63.3 Å². The average Bonchev–Trinajstić information content (AvgIpc) is 2.98.